The number of aromatic nitrogens is 4. The number of aliphatic hydroxyl groups excluding tert-OH is 1. The molecule has 1 N–H and O–H groups in total. The van der Waals surface area contributed by atoms with Crippen LogP contribution in [0.1, 0.15) is 5.56 Å². The Morgan fingerprint density at radius 1 is 1.44 bits per heavy atom. The van der Waals surface area contributed by atoms with Crippen molar-refractivity contribution in [3.05, 3.63) is 39.3 Å². The van der Waals surface area contributed by atoms with E-state index in [1.165, 1.54) is 7.05 Å². The van der Waals surface area contributed by atoms with Crippen LogP contribution in [0.25, 0.3) is 5.69 Å². The minimum atomic E-state index is -0.392. The third-order valence-electron chi connectivity index (χ3n) is 2.20. The third-order valence-corrected chi connectivity index (χ3v) is 2.56. The van der Waals surface area contributed by atoms with Crippen LogP contribution in [-0.2, 0) is 13.7 Å². The van der Waals surface area contributed by atoms with Crippen LogP contribution < -0.4 is 5.69 Å². The van der Waals surface area contributed by atoms with Crippen molar-refractivity contribution >= 4 is 11.6 Å². The van der Waals surface area contributed by atoms with Crippen molar-refractivity contribution in [1.29, 1.82) is 0 Å². The van der Waals surface area contributed by atoms with E-state index >= 15 is 0 Å². The first-order valence-electron chi connectivity index (χ1n) is 4.52. The zero-order valence-electron chi connectivity index (χ0n) is 8.46. The second-order valence-corrected chi connectivity index (χ2v) is 3.60. The Labute approximate surface area is 95.7 Å². The van der Waals surface area contributed by atoms with Gasteiger partial charge in [-0.1, -0.05) is 17.7 Å². The van der Waals surface area contributed by atoms with Crippen molar-refractivity contribution in [2.24, 2.45) is 7.05 Å². The van der Waals surface area contributed by atoms with E-state index in [1.807, 2.05) is 0 Å². The third kappa shape index (κ3) is 1.62. The van der Waals surface area contributed by atoms with Gasteiger partial charge >= 0.3 is 5.69 Å². The van der Waals surface area contributed by atoms with Gasteiger partial charge < -0.3 is 5.11 Å². The highest BCUT2D eigenvalue weighted by Crippen LogP contribution is 2.21. The highest BCUT2D eigenvalue weighted by molar-refractivity contribution is 6.31. The van der Waals surface area contributed by atoms with Gasteiger partial charge in [0.15, 0.2) is 0 Å². The highest BCUT2D eigenvalue weighted by Gasteiger charge is 2.12. The molecule has 16 heavy (non-hydrogen) atoms. The number of nitrogens with zero attached hydrogens (tertiary/aromatic N) is 4. The van der Waals surface area contributed by atoms with Gasteiger partial charge in [-0.2, -0.15) is 9.36 Å². The summed E-state index contributed by atoms with van der Waals surface area (Å²) in [5.41, 5.74) is 0.497. The lowest BCUT2D eigenvalue weighted by Crippen LogP contribution is -2.22. The predicted octanol–water partition coefficient (Wildman–Crippen LogP) is 0.112. The molecule has 7 heteroatoms. The summed E-state index contributed by atoms with van der Waals surface area (Å²) in [6.07, 6.45) is 0. The minimum Gasteiger partial charge on any atom is -0.392 e. The van der Waals surface area contributed by atoms with Gasteiger partial charge in [-0.05, 0) is 22.6 Å². The van der Waals surface area contributed by atoms with E-state index < -0.39 is 5.69 Å². The smallest absolute Gasteiger partial charge is 0.368 e. The molecule has 0 amide bonds. The first-order valence-corrected chi connectivity index (χ1v) is 4.90. The number of aliphatic hydroxyl groups is 1. The SMILES string of the molecule is Cn1nnn(-c2cccc(Cl)c2CO)c1=O. The molecular weight excluding hydrogens is 232 g/mol. The maximum Gasteiger partial charge on any atom is 0.368 e. The number of benzene rings is 1. The van der Waals surface area contributed by atoms with Crippen LogP contribution in [0.15, 0.2) is 23.0 Å². The average molecular weight is 241 g/mol. The number of halogens is 1. The van der Waals surface area contributed by atoms with Gasteiger partial charge in [-0.25, -0.2) is 4.79 Å². The molecule has 0 unspecified atom stereocenters. The Kier molecular flexibility index (Phi) is 2.76. The average Bonchev–Trinajstić information content (AvgIpc) is 2.59. The fourth-order valence-corrected chi connectivity index (χ4v) is 1.60. The molecule has 0 saturated carbocycles. The summed E-state index contributed by atoms with van der Waals surface area (Å²) in [6.45, 7) is -0.266. The predicted molar refractivity (Wildman–Crippen MR) is 57.5 cm³/mol. The maximum atomic E-state index is 11.6. The molecule has 0 aliphatic rings. The van der Waals surface area contributed by atoms with Gasteiger partial charge in [-0.3, -0.25) is 0 Å². The fraction of sp³-hybridized carbons (Fsp3) is 0.222. The van der Waals surface area contributed by atoms with Crippen LogP contribution in [0.4, 0.5) is 0 Å². The molecule has 0 bridgehead atoms. The van der Waals surface area contributed by atoms with Gasteiger partial charge in [0.1, 0.15) is 0 Å². The number of tetrazole rings is 1. The molecule has 1 aromatic carbocycles. The van der Waals surface area contributed by atoms with Crippen LogP contribution in [0, 0.1) is 0 Å². The zero-order valence-corrected chi connectivity index (χ0v) is 9.22. The Morgan fingerprint density at radius 2 is 2.19 bits per heavy atom. The summed E-state index contributed by atoms with van der Waals surface area (Å²) in [4.78, 5) is 11.6. The van der Waals surface area contributed by atoms with E-state index in [2.05, 4.69) is 10.4 Å². The summed E-state index contributed by atoms with van der Waals surface area (Å²) in [7, 11) is 1.50. The lowest BCUT2D eigenvalue weighted by Gasteiger charge is -2.06. The summed E-state index contributed by atoms with van der Waals surface area (Å²) in [6, 6.07) is 4.96. The van der Waals surface area contributed by atoms with E-state index in [0.717, 1.165) is 9.36 Å². The summed E-state index contributed by atoms with van der Waals surface area (Å²) in [5.74, 6) is 0. The first-order chi connectivity index (χ1) is 7.65. The van der Waals surface area contributed by atoms with E-state index in [4.69, 9.17) is 11.6 Å². The molecule has 6 nitrogen and oxygen atoms in total. The Balaban J connectivity index is 2.69. The molecule has 0 aliphatic heterocycles. The normalized spacial score (nSPS) is 10.7. The van der Waals surface area contributed by atoms with Gasteiger partial charge in [0.25, 0.3) is 0 Å². The number of aryl methyl sites for hydroxylation is 1. The van der Waals surface area contributed by atoms with E-state index in [-0.39, 0.29) is 6.61 Å². The van der Waals surface area contributed by atoms with Gasteiger partial charge in [0.05, 0.1) is 12.3 Å². The Hall–Kier alpha value is -1.66. The van der Waals surface area contributed by atoms with Crippen molar-refractivity contribution < 1.29 is 5.11 Å². The quantitative estimate of drug-likeness (QED) is 0.809. The lowest BCUT2D eigenvalue weighted by atomic mass is 10.2. The van der Waals surface area contributed by atoms with Crippen molar-refractivity contribution in [2.75, 3.05) is 0 Å². The number of rotatable bonds is 2. The van der Waals surface area contributed by atoms with Gasteiger partial charge in [-0.15, -0.1) is 0 Å². The molecule has 1 aromatic heterocycles. The summed E-state index contributed by atoms with van der Waals surface area (Å²) >= 11 is 5.91. The lowest BCUT2D eigenvalue weighted by molar-refractivity contribution is 0.281. The molecule has 2 aromatic rings. The van der Waals surface area contributed by atoms with Gasteiger partial charge in [0, 0.05) is 17.6 Å². The topological polar surface area (TPSA) is 72.9 Å². The molecule has 0 fully saturated rings. The van der Waals surface area contributed by atoms with Gasteiger partial charge in [0.2, 0.25) is 0 Å². The molecule has 0 saturated heterocycles. The van der Waals surface area contributed by atoms with E-state index in [1.54, 1.807) is 18.2 Å². The minimum absolute atomic E-state index is 0.266. The van der Waals surface area contributed by atoms with Crippen LogP contribution in [0.5, 0.6) is 0 Å². The Morgan fingerprint density at radius 3 is 2.75 bits per heavy atom. The highest BCUT2D eigenvalue weighted by atomic mass is 35.5. The van der Waals surface area contributed by atoms with Crippen LogP contribution in [-0.4, -0.2) is 24.9 Å². The van der Waals surface area contributed by atoms with Crippen molar-refractivity contribution in [1.82, 2.24) is 19.8 Å². The standard InChI is InChI=1S/C9H9ClN4O2/c1-13-9(16)14(12-11-13)8-4-2-3-7(10)6(8)5-15/h2-4,15H,5H2,1H3. The summed E-state index contributed by atoms with van der Waals surface area (Å²) in [5, 5.41) is 16.9. The second-order valence-electron chi connectivity index (χ2n) is 3.19. The van der Waals surface area contributed by atoms with Crippen LogP contribution >= 0.6 is 11.6 Å². The van der Waals surface area contributed by atoms with E-state index in [0.29, 0.717) is 16.3 Å². The number of hydrogen-bond acceptors (Lipinski definition) is 4. The van der Waals surface area contributed by atoms with Crippen LogP contribution in [0.2, 0.25) is 5.02 Å². The van der Waals surface area contributed by atoms with Crippen molar-refractivity contribution in [2.45, 2.75) is 6.61 Å². The maximum absolute atomic E-state index is 11.6. The molecule has 2 rings (SSSR count). The van der Waals surface area contributed by atoms with Crippen molar-refractivity contribution in [3.8, 4) is 5.69 Å². The second kappa shape index (κ2) is 4.07. The molecule has 0 atom stereocenters. The first kappa shape index (κ1) is 10.8. The Bertz CT molecular complexity index is 575. The van der Waals surface area contributed by atoms with Crippen molar-refractivity contribution in [3.63, 3.8) is 0 Å². The zero-order chi connectivity index (χ0) is 11.7. The monoisotopic (exact) mass is 240 g/mol. The molecule has 84 valence electrons. The summed E-state index contributed by atoms with van der Waals surface area (Å²) < 4.78 is 2.19. The molecule has 0 spiro atoms. The van der Waals surface area contributed by atoms with E-state index in [9.17, 15) is 9.90 Å². The molecule has 0 aliphatic carbocycles. The largest absolute Gasteiger partial charge is 0.392 e. The molecular formula is C9H9ClN4O2. The molecule has 0 radical (unpaired) electrons. The number of hydrogen-bond donors (Lipinski definition) is 1. The van der Waals surface area contributed by atoms with Crippen LogP contribution in [0.3, 0.4) is 0 Å². The molecule has 1 heterocycles. The fourth-order valence-electron chi connectivity index (χ4n) is 1.37.